The van der Waals surface area contributed by atoms with E-state index < -0.39 is 0 Å². The van der Waals surface area contributed by atoms with E-state index in [2.05, 4.69) is 59.3 Å². The Hall–Kier alpha value is -2.85. The Kier molecular flexibility index (Phi) is 6.11. The summed E-state index contributed by atoms with van der Waals surface area (Å²) >= 11 is 0. The average Bonchev–Trinajstić information content (AvgIpc) is 2.75. The van der Waals surface area contributed by atoms with Gasteiger partial charge in [-0.25, -0.2) is 0 Å². The fourth-order valence-electron chi connectivity index (χ4n) is 3.75. The maximum absolute atomic E-state index is 6.03. The van der Waals surface area contributed by atoms with Gasteiger partial charge in [0.1, 0.15) is 6.61 Å². The quantitative estimate of drug-likeness (QED) is 0.554. The zero-order valence-electron chi connectivity index (χ0n) is 17.2. The topological polar surface area (TPSA) is 34.6 Å². The second-order valence-electron chi connectivity index (χ2n) is 7.62. The highest BCUT2D eigenvalue weighted by atomic mass is 16.5. The standard InChI is InChI=1S/C25H28N2O2/c1-3-19-6-8-20(9-7-19)18-29-24-11-10-22(13-25(24)28-2)23-16-27(17-23)15-21-5-4-12-26-14-21/h4-14,23H,3,15-18H2,1-2H3. The molecular formula is C25H28N2O2. The summed E-state index contributed by atoms with van der Waals surface area (Å²) in [6, 6.07) is 19.0. The van der Waals surface area contributed by atoms with E-state index >= 15 is 0 Å². The van der Waals surface area contributed by atoms with E-state index in [1.54, 1.807) is 7.11 Å². The lowest BCUT2D eigenvalue weighted by molar-refractivity contribution is 0.139. The number of nitrogens with zero attached hydrogens (tertiary/aromatic N) is 2. The van der Waals surface area contributed by atoms with E-state index in [1.807, 2.05) is 24.5 Å². The van der Waals surface area contributed by atoms with Crippen LogP contribution in [0.15, 0.2) is 67.0 Å². The molecule has 0 spiro atoms. The molecule has 0 amide bonds. The Morgan fingerprint density at radius 1 is 0.966 bits per heavy atom. The van der Waals surface area contributed by atoms with Gasteiger partial charge in [0.25, 0.3) is 0 Å². The van der Waals surface area contributed by atoms with Gasteiger partial charge < -0.3 is 9.47 Å². The molecule has 1 aromatic heterocycles. The van der Waals surface area contributed by atoms with E-state index in [0.717, 1.165) is 37.6 Å². The largest absolute Gasteiger partial charge is 0.493 e. The highest BCUT2D eigenvalue weighted by molar-refractivity contribution is 5.44. The fourth-order valence-corrected chi connectivity index (χ4v) is 3.75. The summed E-state index contributed by atoms with van der Waals surface area (Å²) in [5.41, 5.74) is 5.08. The van der Waals surface area contributed by atoms with Crippen molar-refractivity contribution in [2.24, 2.45) is 0 Å². The SMILES string of the molecule is CCc1ccc(COc2ccc(C3CN(Cc4cccnc4)C3)cc2OC)cc1. The maximum Gasteiger partial charge on any atom is 0.161 e. The maximum atomic E-state index is 6.03. The lowest BCUT2D eigenvalue weighted by atomic mass is 9.91. The molecule has 4 nitrogen and oxygen atoms in total. The Bertz CT molecular complexity index is 919. The Balaban J connectivity index is 1.34. The molecule has 0 unspecified atom stereocenters. The number of rotatable bonds is 8. The van der Waals surface area contributed by atoms with Crippen molar-refractivity contribution in [2.45, 2.75) is 32.4 Å². The number of hydrogen-bond donors (Lipinski definition) is 0. The number of likely N-dealkylation sites (tertiary alicyclic amines) is 1. The average molecular weight is 389 g/mol. The minimum atomic E-state index is 0.538. The van der Waals surface area contributed by atoms with Crippen molar-refractivity contribution in [3.05, 3.63) is 89.2 Å². The fraction of sp³-hybridized carbons (Fsp3) is 0.320. The normalized spacial score (nSPS) is 14.4. The number of methoxy groups -OCH3 is 1. The molecule has 150 valence electrons. The van der Waals surface area contributed by atoms with Crippen LogP contribution in [0.5, 0.6) is 11.5 Å². The van der Waals surface area contributed by atoms with Crippen molar-refractivity contribution < 1.29 is 9.47 Å². The van der Waals surface area contributed by atoms with Crippen LogP contribution in [0.25, 0.3) is 0 Å². The predicted molar refractivity (Wildman–Crippen MR) is 115 cm³/mol. The zero-order chi connectivity index (χ0) is 20.1. The number of aromatic nitrogens is 1. The van der Waals surface area contributed by atoms with Crippen molar-refractivity contribution in [1.82, 2.24) is 9.88 Å². The lowest BCUT2D eigenvalue weighted by Crippen LogP contribution is -2.44. The van der Waals surface area contributed by atoms with Crippen LogP contribution in [0.1, 0.15) is 35.1 Å². The summed E-state index contributed by atoms with van der Waals surface area (Å²) in [5.74, 6) is 2.14. The molecule has 0 aliphatic carbocycles. The molecule has 0 radical (unpaired) electrons. The van der Waals surface area contributed by atoms with Gasteiger partial charge >= 0.3 is 0 Å². The summed E-state index contributed by atoms with van der Waals surface area (Å²) < 4.78 is 11.6. The van der Waals surface area contributed by atoms with Gasteiger partial charge in [0, 0.05) is 37.9 Å². The van der Waals surface area contributed by atoms with Crippen LogP contribution in [0.4, 0.5) is 0 Å². The molecule has 3 aromatic rings. The third kappa shape index (κ3) is 4.77. The van der Waals surface area contributed by atoms with Gasteiger partial charge in [0.15, 0.2) is 11.5 Å². The van der Waals surface area contributed by atoms with Crippen molar-refractivity contribution in [3.8, 4) is 11.5 Å². The van der Waals surface area contributed by atoms with Gasteiger partial charge in [0.2, 0.25) is 0 Å². The molecule has 0 saturated carbocycles. The Labute approximate surface area is 173 Å². The first kappa shape index (κ1) is 19.5. The van der Waals surface area contributed by atoms with E-state index in [0.29, 0.717) is 12.5 Å². The molecule has 0 N–H and O–H groups in total. The van der Waals surface area contributed by atoms with Gasteiger partial charge in [-0.05, 0) is 46.9 Å². The highest BCUT2D eigenvalue weighted by Gasteiger charge is 2.28. The van der Waals surface area contributed by atoms with Crippen LogP contribution in [0.2, 0.25) is 0 Å². The zero-order valence-corrected chi connectivity index (χ0v) is 17.2. The Morgan fingerprint density at radius 3 is 2.45 bits per heavy atom. The summed E-state index contributed by atoms with van der Waals surface area (Å²) in [6.45, 7) is 5.78. The second-order valence-corrected chi connectivity index (χ2v) is 7.62. The van der Waals surface area contributed by atoms with Gasteiger partial charge in [0.05, 0.1) is 7.11 Å². The lowest BCUT2D eigenvalue weighted by Gasteiger charge is -2.39. The molecule has 29 heavy (non-hydrogen) atoms. The first-order valence-corrected chi connectivity index (χ1v) is 10.2. The first-order valence-electron chi connectivity index (χ1n) is 10.2. The monoisotopic (exact) mass is 388 g/mol. The predicted octanol–water partition coefficient (Wildman–Crippen LogP) is 4.83. The number of aryl methyl sites for hydroxylation is 1. The third-order valence-electron chi connectivity index (χ3n) is 5.57. The van der Waals surface area contributed by atoms with E-state index in [1.165, 1.54) is 22.3 Å². The minimum Gasteiger partial charge on any atom is -0.493 e. The van der Waals surface area contributed by atoms with Gasteiger partial charge in [-0.1, -0.05) is 43.3 Å². The van der Waals surface area contributed by atoms with Crippen LogP contribution in [-0.2, 0) is 19.6 Å². The van der Waals surface area contributed by atoms with Crippen molar-refractivity contribution in [1.29, 1.82) is 0 Å². The van der Waals surface area contributed by atoms with Gasteiger partial charge in [-0.2, -0.15) is 0 Å². The number of pyridine rings is 1. The van der Waals surface area contributed by atoms with E-state index in [4.69, 9.17) is 9.47 Å². The molecule has 1 fully saturated rings. The molecule has 2 aromatic carbocycles. The molecule has 4 rings (SSSR count). The van der Waals surface area contributed by atoms with Crippen LogP contribution in [0, 0.1) is 0 Å². The molecule has 2 heterocycles. The van der Waals surface area contributed by atoms with Gasteiger partial charge in [-0.3, -0.25) is 9.88 Å². The summed E-state index contributed by atoms with van der Waals surface area (Å²) in [7, 11) is 1.71. The molecule has 1 aliphatic rings. The van der Waals surface area contributed by atoms with E-state index in [9.17, 15) is 0 Å². The van der Waals surface area contributed by atoms with Crippen LogP contribution >= 0.6 is 0 Å². The second kappa shape index (κ2) is 9.10. The molecule has 0 bridgehead atoms. The van der Waals surface area contributed by atoms with Crippen molar-refractivity contribution in [2.75, 3.05) is 20.2 Å². The molecular weight excluding hydrogens is 360 g/mol. The molecule has 4 heteroatoms. The number of hydrogen-bond acceptors (Lipinski definition) is 4. The minimum absolute atomic E-state index is 0.538. The molecule has 1 saturated heterocycles. The van der Waals surface area contributed by atoms with Crippen molar-refractivity contribution in [3.63, 3.8) is 0 Å². The van der Waals surface area contributed by atoms with Crippen LogP contribution in [0.3, 0.4) is 0 Å². The van der Waals surface area contributed by atoms with E-state index in [-0.39, 0.29) is 0 Å². The number of benzene rings is 2. The van der Waals surface area contributed by atoms with Gasteiger partial charge in [-0.15, -0.1) is 0 Å². The summed E-state index contributed by atoms with van der Waals surface area (Å²) in [5, 5.41) is 0. The van der Waals surface area contributed by atoms with Crippen LogP contribution in [-0.4, -0.2) is 30.1 Å². The van der Waals surface area contributed by atoms with Crippen LogP contribution < -0.4 is 9.47 Å². The van der Waals surface area contributed by atoms with Crippen molar-refractivity contribution >= 4 is 0 Å². The Morgan fingerprint density at radius 2 is 1.76 bits per heavy atom. The summed E-state index contributed by atoms with van der Waals surface area (Å²) in [6.07, 6.45) is 4.81. The molecule has 0 atom stereocenters. The first-order chi connectivity index (χ1) is 14.2. The highest BCUT2D eigenvalue weighted by Crippen LogP contribution is 2.35. The smallest absolute Gasteiger partial charge is 0.161 e. The molecule has 1 aliphatic heterocycles. The number of ether oxygens (including phenoxy) is 2. The summed E-state index contributed by atoms with van der Waals surface area (Å²) in [4.78, 5) is 6.64. The third-order valence-corrected chi connectivity index (χ3v) is 5.57.